The number of hydrogen-bond donors (Lipinski definition) is 0. The largest absolute Gasteiger partial charge is 0.493 e. The van der Waals surface area contributed by atoms with Crippen molar-refractivity contribution < 1.29 is 14.3 Å². The maximum Gasteiger partial charge on any atom is 0.334 e. The van der Waals surface area contributed by atoms with Gasteiger partial charge in [0.1, 0.15) is 5.76 Å². The Bertz CT molecular complexity index is 770. The van der Waals surface area contributed by atoms with Crippen LogP contribution >= 0.6 is 0 Å². The molecular formula is C21H20O3. The lowest BCUT2D eigenvalue weighted by Crippen LogP contribution is -2.22. The molecule has 1 aliphatic heterocycles. The Balaban J connectivity index is 1.95. The molecule has 0 radical (unpaired) electrons. The Kier molecular flexibility index (Phi) is 4.80. The first kappa shape index (κ1) is 16.1. The van der Waals surface area contributed by atoms with Crippen molar-refractivity contribution in [3.8, 4) is 0 Å². The molecule has 0 aromatic heterocycles. The smallest absolute Gasteiger partial charge is 0.334 e. The van der Waals surface area contributed by atoms with Gasteiger partial charge < -0.3 is 9.47 Å². The van der Waals surface area contributed by atoms with E-state index < -0.39 is 0 Å². The summed E-state index contributed by atoms with van der Waals surface area (Å²) in [4.78, 5) is 12.2. The van der Waals surface area contributed by atoms with Gasteiger partial charge in [-0.25, -0.2) is 4.79 Å². The van der Waals surface area contributed by atoms with Gasteiger partial charge in [-0.05, 0) is 30.2 Å². The van der Waals surface area contributed by atoms with Crippen LogP contribution in [0.4, 0.5) is 0 Å². The fraction of sp³-hybridized carbons (Fsp3) is 0.190. The van der Waals surface area contributed by atoms with Crippen molar-refractivity contribution in [2.75, 3.05) is 13.7 Å². The van der Waals surface area contributed by atoms with Crippen LogP contribution in [0, 0.1) is 6.92 Å². The van der Waals surface area contributed by atoms with E-state index in [4.69, 9.17) is 9.47 Å². The molecule has 3 heteroatoms. The normalized spacial score (nSPS) is 18.7. The molecule has 0 bridgehead atoms. The first-order chi connectivity index (χ1) is 11.7. The van der Waals surface area contributed by atoms with Crippen LogP contribution in [-0.4, -0.2) is 19.7 Å². The number of benzene rings is 2. The van der Waals surface area contributed by atoms with Gasteiger partial charge in [-0.15, -0.1) is 0 Å². The van der Waals surface area contributed by atoms with Gasteiger partial charge in [0, 0.05) is 0 Å². The van der Waals surface area contributed by atoms with Crippen LogP contribution in [0.5, 0.6) is 0 Å². The highest BCUT2D eigenvalue weighted by Gasteiger charge is 2.28. The van der Waals surface area contributed by atoms with E-state index in [1.54, 1.807) is 6.08 Å². The number of methoxy groups -OCH3 is 1. The first-order valence-electron chi connectivity index (χ1n) is 7.93. The number of aryl methyl sites for hydroxylation is 1. The molecule has 0 spiro atoms. The van der Waals surface area contributed by atoms with Gasteiger partial charge in [0.25, 0.3) is 0 Å². The van der Waals surface area contributed by atoms with Crippen LogP contribution in [-0.2, 0) is 14.3 Å². The number of ether oxygens (including phenoxy) is 2. The lowest BCUT2D eigenvalue weighted by molar-refractivity contribution is -0.136. The van der Waals surface area contributed by atoms with Crippen LogP contribution in [0.15, 0.2) is 72.0 Å². The SMILES string of the molecule is COC(=O)C1=CC(=Cc2ccccc2)OCC1c1ccc(C)cc1. The Morgan fingerprint density at radius 2 is 1.83 bits per heavy atom. The van der Waals surface area contributed by atoms with E-state index in [0.29, 0.717) is 17.9 Å². The number of carbonyl (C=O) groups is 1. The lowest BCUT2D eigenvalue weighted by atomic mass is 9.89. The fourth-order valence-electron chi connectivity index (χ4n) is 2.76. The number of hydrogen-bond acceptors (Lipinski definition) is 3. The van der Waals surface area contributed by atoms with Crippen molar-refractivity contribution in [2.45, 2.75) is 12.8 Å². The van der Waals surface area contributed by atoms with Gasteiger partial charge in [0.2, 0.25) is 0 Å². The molecule has 1 aliphatic rings. The molecule has 122 valence electrons. The van der Waals surface area contributed by atoms with Crippen LogP contribution in [0.3, 0.4) is 0 Å². The second-order valence-corrected chi connectivity index (χ2v) is 5.82. The zero-order chi connectivity index (χ0) is 16.9. The minimum Gasteiger partial charge on any atom is -0.493 e. The van der Waals surface area contributed by atoms with Gasteiger partial charge in [0.15, 0.2) is 0 Å². The summed E-state index contributed by atoms with van der Waals surface area (Å²) in [7, 11) is 1.41. The first-order valence-corrected chi connectivity index (χ1v) is 7.93. The Labute approximate surface area is 142 Å². The zero-order valence-corrected chi connectivity index (χ0v) is 13.9. The van der Waals surface area contributed by atoms with Crippen molar-refractivity contribution in [3.63, 3.8) is 0 Å². The molecule has 24 heavy (non-hydrogen) atoms. The van der Waals surface area contributed by atoms with Crippen molar-refractivity contribution in [1.29, 1.82) is 0 Å². The van der Waals surface area contributed by atoms with E-state index in [9.17, 15) is 4.79 Å². The van der Waals surface area contributed by atoms with Crippen LogP contribution in [0.1, 0.15) is 22.6 Å². The number of esters is 1. The summed E-state index contributed by atoms with van der Waals surface area (Å²) in [5.41, 5.74) is 3.89. The summed E-state index contributed by atoms with van der Waals surface area (Å²) in [5, 5.41) is 0. The molecule has 2 aromatic rings. The molecule has 1 heterocycles. The second-order valence-electron chi connectivity index (χ2n) is 5.82. The van der Waals surface area contributed by atoms with Crippen LogP contribution in [0.2, 0.25) is 0 Å². The predicted molar refractivity (Wildman–Crippen MR) is 94.4 cm³/mol. The predicted octanol–water partition coefficient (Wildman–Crippen LogP) is 4.25. The molecule has 0 fully saturated rings. The zero-order valence-electron chi connectivity index (χ0n) is 13.9. The minimum absolute atomic E-state index is 0.119. The molecule has 2 aromatic carbocycles. The molecule has 1 atom stereocenters. The number of rotatable bonds is 3. The molecule has 0 saturated heterocycles. The standard InChI is InChI=1S/C21H20O3/c1-15-8-10-17(11-9-15)20-14-24-18(13-19(20)21(22)23-2)12-16-6-4-3-5-7-16/h3-13,20H,14H2,1-2H3. The van der Waals surface area contributed by atoms with Crippen molar-refractivity contribution in [1.82, 2.24) is 0 Å². The summed E-state index contributed by atoms with van der Waals surface area (Å²) in [6.45, 7) is 2.46. The number of allylic oxidation sites excluding steroid dienone is 1. The van der Waals surface area contributed by atoms with Crippen molar-refractivity contribution >= 4 is 12.0 Å². The topological polar surface area (TPSA) is 35.5 Å². The molecule has 1 unspecified atom stereocenters. The maximum atomic E-state index is 12.2. The van der Waals surface area contributed by atoms with Crippen molar-refractivity contribution in [3.05, 3.63) is 88.7 Å². The molecule has 0 amide bonds. The van der Waals surface area contributed by atoms with E-state index >= 15 is 0 Å². The third-order valence-corrected chi connectivity index (χ3v) is 4.10. The number of carbonyl (C=O) groups excluding carboxylic acids is 1. The summed E-state index contributed by atoms with van der Waals surface area (Å²) in [5.74, 6) is 0.235. The van der Waals surface area contributed by atoms with Gasteiger partial charge in [-0.1, -0.05) is 60.2 Å². The summed E-state index contributed by atoms with van der Waals surface area (Å²) < 4.78 is 10.9. The molecule has 3 rings (SSSR count). The monoisotopic (exact) mass is 320 g/mol. The quantitative estimate of drug-likeness (QED) is 0.793. The second kappa shape index (κ2) is 7.18. The highest BCUT2D eigenvalue weighted by molar-refractivity contribution is 5.91. The van der Waals surface area contributed by atoms with Gasteiger partial charge in [-0.2, -0.15) is 0 Å². The summed E-state index contributed by atoms with van der Waals surface area (Å²) >= 11 is 0. The lowest BCUT2D eigenvalue weighted by Gasteiger charge is -2.25. The van der Waals surface area contributed by atoms with E-state index in [2.05, 4.69) is 0 Å². The molecule has 3 nitrogen and oxygen atoms in total. The Morgan fingerprint density at radius 3 is 2.50 bits per heavy atom. The van der Waals surface area contributed by atoms with E-state index in [0.717, 1.165) is 11.1 Å². The van der Waals surface area contributed by atoms with Gasteiger partial charge in [0.05, 0.1) is 25.2 Å². The summed E-state index contributed by atoms with van der Waals surface area (Å²) in [6, 6.07) is 18.0. The highest BCUT2D eigenvalue weighted by atomic mass is 16.5. The minimum atomic E-state index is -0.317. The third kappa shape index (κ3) is 3.57. The fourth-order valence-corrected chi connectivity index (χ4v) is 2.76. The Hall–Kier alpha value is -2.81. The van der Waals surface area contributed by atoms with E-state index in [1.165, 1.54) is 12.7 Å². The molecule has 0 N–H and O–H groups in total. The van der Waals surface area contributed by atoms with Crippen molar-refractivity contribution in [2.24, 2.45) is 0 Å². The highest BCUT2D eigenvalue weighted by Crippen LogP contribution is 2.32. The van der Waals surface area contributed by atoms with Crippen LogP contribution in [0.25, 0.3) is 6.08 Å². The van der Waals surface area contributed by atoms with E-state index in [1.807, 2.05) is 67.6 Å². The average Bonchev–Trinajstić information content (AvgIpc) is 2.63. The van der Waals surface area contributed by atoms with E-state index in [-0.39, 0.29) is 11.9 Å². The van der Waals surface area contributed by atoms with Crippen LogP contribution < -0.4 is 0 Å². The van der Waals surface area contributed by atoms with Gasteiger partial charge in [-0.3, -0.25) is 0 Å². The maximum absolute atomic E-state index is 12.2. The summed E-state index contributed by atoms with van der Waals surface area (Å²) in [6.07, 6.45) is 3.71. The molecular weight excluding hydrogens is 300 g/mol. The molecule has 0 saturated carbocycles. The third-order valence-electron chi connectivity index (χ3n) is 4.10. The Morgan fingerprint density at radius 1 is 1.12 bits per heavy atom. The molecule has 0 aliphatic carbocycles. The average molecular weight is 320 g/mol. The van der Waals surface area contributed by atoms with Gasteiger partial charge >= 0.3 is 5.97 Å².